The highest BCUT2D eigenvalue weighted by Gasteiger charge is 2.39. The molecule has 1 saturated heterocycles. The lowest BCUT2D eigenvalue weighted by Gasteiger charge is -2.37. The van der Waals surface area contributed by atoms with E-state index < -0.39 is 12.1 Å². The van der Waals surface area contributed by atoms with Gasteiger partial charge in [-0.1, -0.05) is 6.07 Å². The van der Waals surface area contributed by atoms with Crippen LogP contribution in [0.1, 0.15) is 40.4 Å². The van der Waals surface area contributed by atoms with Crippen molar-refractivity contribution in [3.63, 3.8) is 0 Å². The highest BCUT2D eigenvalue weighted by Crippen LogP contribution is 2.47. The molecule has 0 bridgehead atoms. The molecular formula is C28H27ClN2O5. The molecule has 4 aromatic rings. The van der Waals surface area contributed by atoms with Crippen molar-refractivity contribution in [2.45, 2.75) is 31.5 Å². The third-order valence-electron chi connectivity index (χ3n) is 7.31. The average Bonchev–Trinajstić information content (AvgIpc) is 3.37. The molecule has 0 unspecified atom stereocenters. The van der Waals surface area contributed by atoms with E-state index in [0.29, 0.717) is 22.8 Å². The van der Waals surface area contributed by atoms with Crippen molar-refractivity contribution in [3.05, 3.63) is 71.5 Å². The summed E-state index contributed by atoms with van der Waals surface area (Å²) in [5, 5.41) is 15.3. The minimum absolute atomic E-state index is 0. The zero-order valence-corrected chi connectivity index (χ0v) is 20.9. The first-order valence-corrected chi connectivity index (χ1v) is 11.8. The monoisotopic (exact) mass is 506 g/mol. The first kappa shape index (κ1) is 24.3. The Morgan fingerprint density at radius 2 is 1.67 bits per heavy atom. The van der Waals surface area contributed by atoms with Gasteiger partial charge in [-0.25, -0.2) is 4.79 Å². The summed E-state index contributed by atoms with van der Waals surface area (Å²) in [5.74, 6) is 1.24. The van der Waals surface area contributed by atoms with Crippen molar-refractivity contribution in [3.8, 4) is 17.2 Å². The lowest BCUT2D eigenvalue weighted by Crippen LogP contribution is -2.39. The van der Waals surface area contributed by atoms with Gasteiger partial charge in [-0.2, -0.15) is 0 Å². The van der Waals surface area contributed by atoms with Gasteiger partial charge in [0.1, 0.15) is 5.75 Å². The van der Waals surface area contributed by atoms with E-state index in [2.05, 4.69) is 9.88 Å². The highest BCUT2D eigenvalue weighted by atomic mass is 35.5. The van der Waals surface area contributed by atoms with Crippen LogP contribution in [0.5, 0.6) is 17.2 Å². The van der Waals surface area contributed by atoms with Crippen LogP contribution >= 0.6 is 12.4 Å². The summed E-state index contributed by atoms with van der Waals surface area (Å²) in [6.07, 6.45) is 4.59. The molecule has 3 aromatic carbocycles. The molecular weight excluding hydrogens is 480 g/mol. The standard InChI is InChI=1S/C28H26N2O5.ClH/c1-33-24-13-20-19-12-17(35-28(32)16-7-9-29-10-8-16)5-6-18(19)26-22(21(20)14-25(24)34-2)15-30-11-3-4-23(30)27(26)31;/h5-10,12-14,23,27,31H,3-4,11,15H2,1-2H3;1H/t23-,27+;/m0./s1. The molecule has 3 heterocycles. The molecule has 2 aliphatic heterocycles. The summed E-state index contributed by atoms with van der Waals surface area (Å²) in [6.45, 7) is 1.76. The molecule has 36 heavy (non-hydrogen) atoms. The van der Waals surface area contributed by atoms with Gasteiger partial charge in [0.05, 0.1) is 25.9 Å². The van der Waals surface area contributed by atoms with Gasteiger partial charge in [-0.15, -0.1) is 12.4 Å². The number of pyridine rings is 1. The molecule has 0 spiro atoms. The predicted molar refractivity (Wildman–Crippen MR) is 139 cm³/mol. The maximum absolute atomic E-state index is 12.7. The maximum atomic E-state index is 12.7. The molecule has 2 aliphatic rings. The highest BCUT2D eigenvalue weighted by molar-refractivity contribution is 6.12. The second-order valence-corrected chi connectivity index (χ2v) is 9.10. The second kappa shape index (κ2) is 9.58. The number of methoxy groups -OCH3 is 2. The molecule has 0 amide bonds. The number of nitrogens with zero attached hydrogens (tertiary/aromatic N) is 2. The third-order valence-corrected chi connectivity index (χ3v) is 7.31. The number of fused-ring (bicyclic) bond motifs is 7. The normalized spacial score (nSPS) is 18.9. The summed E-state index contributed by atoms with van der Waals surface area (Å²) in [7, 11) is 3.24. The molecule has 6 rings (SSSR count). The first-order valence-electron chi connectivity index (χ1n) is 11.8. The lowest BCUT2D eigenvalue weighted by atomic mass is 9.83. The van der Waals surface area contributed by atoms with Gasteiger partial charge >= 0.3 is 5.97 Å². The number of aliphatic hydroxyl groups excluding tert-OH is 1. The zero-order valence-electron chi connectivity index (χ0n) is 20.1. The summed E-state index contributed by atoms with van der Waals surface area (Å²) in [4.78, 5) is 19.0. The van der Waals surface area contributed by atoms with Crippen molar-refractivity contribution in [1.82, 2.24) is 9.88 Å². The van der Waals surface area contributed by atoms with Crippen molar-refractivity contribution in [2.75, 3.05) is 20.8 Å². The number of carbonyl (C=O) groups excluding carboxylic acids is 1. The van der Waals surface area contributed by atoms with E-state index in [1.54, 1.807) is 44.8 Å². The Morgan fingerprint density at radius 3 is 2.39 bits per heavy atom. The Hall–Kier alpha value is -3.39. The van der Waals surface area contributed by atoms with Gasteiger partial charge in [0.15, 0.2) is 11.5 Å². The molecule has 1 fully saturated rings. The minimum atomic E-state index is -0.591. The van der Waals surface area contributed by atoms with Gasteiger partial charge in [0.25, 0.3) is 0 Å². The summed E-state index contributed by atoms with van der Waals surface area (Å²) in [6, 6.07) is 12.9. The average molecular weight is 507 g/mol. The fourth-order valence-corrected chi connectivity index (χ4v) is 5.67. The molecule has 7 nitrogen and oxygen atoms in total. The van der Waals surface area contributed by atoms with Crippen LogP contribution in [0.25, 0.3) is 21.5 Å². The van der Waals surface area contributed by atoms with Crippen molar-refractivity contribution in [1.29, 1.82) is 0 Å². The number of aliphatic hydroxyl groups is 1. The molecule has 0 aliphatic carbocycles. The van der Waals surface area contributed by atoms with Crippen LogP contribution in [0.2, 0.25) is 0 Å². The summed E-state index contributed by atoms with van der Waals surface area (Å²) < 4.78 is 16.9. The van der Waals surface area contributed by atoms with E-state index in [0.717, 1.165) is 58.6 Å². The van der Waals surface area contributed by atoms with Gasteiger partial charge < -0.3 is 19.3 Å². The SMILES string of the molecule is COc1cc2c3c(c4ccc(OC(=O)c5ccncc5)cc4c2cc1OC)[C@H](O)[C@@H]1CCCN1C3.Cl. The number of carbonyl (C=O) groups is 1. The molecule has 1 N–H and O–H groups in total. The van der Waals surface area contributed by atoms with E-state index in [1.807, 2.05) is 24.3 Å². The largest absolute Gasteiger partial charge is 0.493 e. The van der Waals surface area contributed by atoms with Crippen LogP contribution in [-0.2, 0) is 6.54 Å². The third kappa shape index (κ3) is 3.84. The van der Waals surface area contributed by atoms with Crippen LogP contribution in [0.15, 0.2) is 54.9 Å². The number of aromatic nitrogens is 1. The van der Waals surface area contributed by atoms with Crippen LogP contribution in [0.3, 0.4) is 0 Å². The van der Waals surface area contributed by atoms with Gasteiger partial charge in [-0.05, 0) is 88.5 Å². The maximum Gasteiger partial charge on any atom is 0.343 e. The van der Waals surface area contributed by atoms with Crippen LogP contribution in [0, 0.1) is 0 Å². The van der Waals surface area contributed by atoms with E-state index >= 15 is 0 Å². The van der Waals surface area contributed by atoms with Crippen molar-refractivity contribution in [2.24, 2.45) is 0 Å². The smallest absolute Gasteiger partial charge is 0.343 e. The first-order chi connectivity index (χ1) is 17.1. The van der Waals surface area contributed by atoms with Crippen LogP contribution < -0.4 is 14.2 Å². The number of rotatable bonds is 4. The molecule has 1 aromatic heterocycles. The fourth-order valence-electron chi connectivity index (χ4n) is 5.67. The molecule has 0 saturated carbocycles. The van der Waals surface area contributed by atoms with Gasteiger partial charge in [0, 0.05) is 25.0 Å². The number of benzene rings is 3. The molecule has 8 heteroatoms. The molecule has 186 valence electrons. The van der Waals surface area contributed by atoms with Gasteiger partial charge in [0.2, 0.25) is 0 Å². The Bertz CT molecular complexity index is 1460. The van der Waals surface area contributed by atoms with E-state index in [1.165, 1.54) is 0 Å². The fraction of sp³-hybridized carbons (Fsp3) is 0.286. The van der Waals surface area contributed by atoms with E-state index in [-0.39, 0.29) is 18.4 Å². The topological polar surface area (TPSA) is 81.1 Å². The number of hydrogen-bond donors (Lipinski definition) is 1. The number of halogens is 1. The zero-order chi connectivity index (χ0) is 24.1. The summed E-state index contributed by atoms with van der Waals surface area (Å²) in [5.41, 5.74) is 2.49. The lowest BCUT2D eigenvalue weighted by molar-refractivity contribution is 0.0552. The van der Waals surface area contributed by atoms with Crippen molar-refractivity contribution >= 4 is 39.9 Å². The van der Waals surface area contributed by atoms with E-state index in [4.69, 9.17) is 14.2 Å². The van der Waals surface area contributed by atoms with Crippen LogP contribution in [0.4, 0.5) is 0 Å². The molecule has 0 radical (unpaired) electrons. The Labute approximate surface area is 215 Å². The quantitative estimate of drug-likeness (QED) is 0.235. The molecule has 2 atom stereocenters. The number of ether oxygens (including phenoxy) is 3. The van der Waals surface area contributed by atoms with Crippen molar-refractivity contribution < 1.29 is 24.1 Å². The predicted octanol–water partition coefficient (Wildman–Crippen LogP) is 5.06. The number of hydrogen-bond acceptors (Lipinski definition) is 7. The van der Waals surface area contributed by atoms with Crippen LogP contribution in [-0.4, -0.2) is 47.8 Å². The van der Waals surface area contributed by atoms with Gasteiger partial charge in [-0.3, -0.25) is 9.88 Å². The Morgan fingerprint density at radius 1 is 0.972 bits per heavy atom. The minimum Gasteiger partial charge on any atom is -0.493 e. The Kier molecular flexibility index (Phi) is 6.47. The van der Waals surface area contributed by atoms with E-state index in [9.17, 15) is 9.90 Å². The Balaban J connectivity index is 0.00000267. The second-order valence-electron chi connectivity index (χ2n) is 9.10. The number of esters is 1. The summed E-state index contributed by atoms with van der Waals surface area (Å²) >= 11 is 0.